The van der Waals surface area contributed by atoms with Gasteiger partial charge in [-0.05, 0) is 31.6 Å². The van der Waals surface area contributed by atoms with Crippen molar-refractivity contribution >= 4 is 5.91 Å². The summed E-state index contributed by atoms with van der Waals surface area (Å²) in [6.07, 6.45) is 6.94. The Labute approximate surface area is 129 Å². The van der Waals surface area contributed by atoms with Crippen LogP contribution in [0.2, 0.25) is 0 Å². The zero-order valence-corrected chi connectivity index (χ0v) is 13.9. The van der Waals surface area contributed by atoms with E-state index in [1.54, 1.807) is 0 Å². The third-order valence-corrected chi connectivity index (χ3v) is 5.02. The van der Waals surface area contributed by atoms with Gasteiger partial charge >= 0.3 is 0 Å². The van der Waals surface area contributed by atoms with Crippen LogP contribution >= 0.6 is 0 Å². The first-order chi connectivity index (χ1) is 9.91. The summed E-state index contributed by atoms with van der Waals surface area (Å²) < 4.78 is 0. The van der Waals surface area contributed by atoms with Crippen molar-refractivity contribution < 1.29 is 9.90 Å². The van der Waals surface area contributed by atoms with Crippen LogP contribution in [0.4, 0.5) is 0 Å². The number of aliphatic hydroxyl groups excluding tert-OH is 1. The van der Waals surface area contributed by atoms with Gasteiger partial charge in [0.1, 0.15) is 0 Å². The molecular weight excluding hydrogens is 264 g/mol. The molecule has 2 N–H and O–H groups in total. The molecule has 2 atom stereocenters. The summed E-state index contributed by atoms with van der Waals surface area (Å²) in [6.45, 7) is 8.02. The predicted molar refractivity (Wildman–Crippen MR) is 85.0 cm³/mol. The molecule has 1 aliphatic carbocycles. The fourth-order valence-corrected chi connectivity index (χ4v) is 3.67. The molecule has 2 unspecified atom stereocenters. The van der Waals surface area contributed by atoms with Gasteiger partial charge in [0, 0.05) is 37.2 Å². The number of likely N-dealkylation sites (tertiary alicyclic amines) is 1. The van der Waals surface area contributed by atoms with Crippen LogP contribution in [-0.2, 0) is 4.79 Å². The van der Waals surface area contributed by atoms with E-state index < -0.39 is 0 Å². The lowest BCUT2D eigenvalue weighted by atomic mass is 9.84. The van der Waals surface area contributed by atoms with Crippen molar-refractivity contribution in [1.29, 1.82) is 0 Å². The van der Waals surface area contributed by atoms with Gasteiger partial charge in [0.2, 0.25) is 5.91 Å². The molecule has 1 aliphatic heterocycles. The standard InChI is InChI=1S/C17H32N2O2/c1-17(2,3)16(21)19-10-8-14(9-11-19)18-15-7-5-4-6-13(15)12-20/h13-15,18,20H,4-12H2,1-3H3. The molecule has 2 rings (SSSR count). The maximum Gasteiger partial charge on any atom is 0.227 e. The molecule has 0 aromatic rings. The Hall–Kier alpha value is -0.610. The molecule has 122 valence electrons. The van der Waals surface area contributed by atoms with Crippen LogP contribution in [0.15, 0.2) is 0 Å². The summed E-state index contributed by atoms with van der Waals surface area (Å²) in [4.78, 5) is 14.3. The van der Waals surface area contributed by atoms with E-state index in [4.69, 9.17) is 0 Å². The average Bonchev–Trinajstić information content (AvgIpc) is 2.47. The topological polar surface area (TPSA) is 52.6 Å². The summed E-state index contributed by atoms with van der Waals surface area (Å²) in [5, 5.41) is 13.3. The normalized spacial score (nSPS) is 28.7. The van der Waals surface area contributed by atoms with Crippen molar-refractivity contribution in [2.24, 2.45) is 11.3 Å². The third kappa shape index (κ3) is 4.43. The highest BCUT2D eigenvalue weighted by Crippen LogP contribution is 2.26. The zero-order chi connectivity index (χ0) is 15.5. The van der Waals surface area contributed by atoms with E-state index in [2.05, 4.69) is 5.32 Å². The fraction of sp³-hybridized carbons (Fsp3) is 0.941. The highest BCUT2D eigenvalue weighted by Gasteiger charge is 2.32. The van der Waals surface area contributed by atoms with Gasteiger partial charge in [-0.3, -0.25) is 4.79 Å². The molecule has 1 saturated heterocycles. The van der Waals surface area contributed by atoms with Crippen LogP contribution in [-0.4, -0.2) is 47.7 Å². The van der Waals surface area contributed by atoms with Gasteiger partial charge in [0.25, 0.3) is 0 Å². The van der Waals surface area contributed by atoms with E-state index in [1.807, 2.05) is 25.7 Å². The minimum atomic E-state index is -0.272. The first-order valence-electron chi connectivity index (χ1n) is 8.58. The number of hydrogen-bond acceptors (Lipinski definition) is 3. The Morgan fingerprint density at radius 2 is 1.76 bits per heavy atom. The number of hydrogen-bond donors (Lipinski definition) is 2. The van der Waals surface area contributed by atoms with E-state index in [-0.39, 0.29) is 11.3 Å². The molecule has 0 spiro atoms. The van der Waals surface area contributed by atoms with Gasteiger partial charge in [-0.15, -0.1) is 0 Å². The van der Waals surface area contributed by atoms with Gasteiger partial charge in [-0.25, -0.2) is 0 Å². The Morgan fingerprint density at radius 3 is 2.33 bits per heavy atom. The number of carbonyl (C=O) groups is 1. The van der Waals surface area contributed by atoms with Crippen molar-refractivity contribution in [2.45, 2.75) is 71.4 Å². The summed E-state index contributed by atoms with van der Waals surface area (Å²) in [5.74, 6) is 0.694. The Morgan fingerprint density at radius 1 is 1.14 bits per heavy atom. The van der Waals surface area contributed by atoms with Crippen LogP contribution in [0.25, 0.3) is 0 Å². The van der Waals surface area contributed by atoms with Crippen molar-refractivity contribution in [3.05, 3.63) is 0 Å². The van der Waals surface area contributed by atoms with E-state index in [1.165, 1.54) is 19.3 Å². The summed E-state index contributed by atoms with van der Waals surface area (Å²) in [7, 11) is 0. The Balaban J connectivity index is 1.80. The van der Waals surface area contributed by atoms with Crippen LogP contribution < -0.4 is 5.32 Å². The average molecular weight is 296 g/mol. The number of carbonyl (C=O) groups excluding carboxylic acids is 1. The molecule has 1 heterocycles. The molecule has 1 saturated carbocycles. The number of piperidine rings is 1. The highest BCUT2D eigenvalue weighted by atomic mass is 16.3. The molecule has 0 aromatic heterocycles. The lowest BCUT2D eigenvalue weighted by Crippen LogP contribution is -2.52. The second-order valence-electron chi connectivity index (χ2n) is 7.82. The molecule has 4 heteroatoms. The van der Waals surface area contributed by atoms with Crippen molar-refractivity contribution in [3.63, 3.8) is 0 Å². The number of nitrogens with one attached hydrogen (secondary N) is 1. The van der Waals surface area contributed by atoms with Crippen molar-refractivity contribution in [1.82, 2.24) is 10.2 Å². The Kier molecular flexibility index (Phi) is 5.67. The second-order valence-corrected chi connectivity index (χ2v) is 7.82. The van der Waals surface area contributed by atoms with Crippen LogP contribution in [0.3, 0.4) is 0 Å². The van der Waals surface area contributed by atoms with Gasteiger partial charge in [0.05, 0.1) is 0 Å². The quantitative estimate of drug-likeness (QED) is 0.839. The summed E-state index contributed by atoms with van der Waals surface area (Å²) in [5.41, 5.74) is -0.272. The first-order valence-corrected chi connectivity index (χ1v) is 8.58. The van der Waals surface area contributed by atoms with E-state index in [0.29, 0.717) is 24.6 Å². The van der Waals surface area contributed by atoms with Gasteiger partial charge in [-0.2, -0.15) is 0 Å². The monoisotopic (exact) mass is 296 g/mol. The lowest BCUT2D eigenvalue weighted by molar-refractivity contribution is -0.140. The fourth-order valence-electron chi connectivity index (χ4n) is 3.67. The zero-order valence-electron chi connectivity index (χ0n) is 13.9. The SMILES string of the molecule is CC(C)(C)C(=O)N1CCC(NC2CCCCC2CO)CC1. The van der Waals surface area contributed by atoms with E-state index >= 15 is 0 Å². The number of rotatable bonds is 3. The second kappa shape index (κ2) is 7.10. The molecule has 2 fully saturated rings. The maximum atomic E-state index is 12.3. The van der Waals surface area contributed by atoms with Gasteiger partial charge < -0.3 is 15.3 Å². The lowest BCUT2D eigenvalue weighted by Gasteiger charge is -2.39. The molecule has 21 heavy (non-hydrogen) atoms. The molecule has 0 bridgehead atoms. The number of nitrogens with zero attached hydrogens (tertiary/aromatic N) is 1. The number of amides is 1. The molecule has 0 aromatic carbocycles. The smallest absolute Gasteiger partial charge is 0.227 e. The van der Waals surface area contributed by atoms with Gasteiger partial charge in [-0.1, -0.05) is 33.6 Å². The van der Waals surface area contributed by atoms with Crippen molar-refractivity contribution in [2.75, 3.05) is 19.7 Å². The number of aliphatic hydroxyl groups is 1. The van der Waals surface area contributed by atoms with Crippen LogP contribution in [0.5, 0.6) is 0 Å². The third-order valence-electron chi connectivity index (χ3n) is 5.02. The van der Waals surface area contributed by atoms with Crippen molar-refractivity contribution in [3.8, 4) is 0 Å². The largest absolute Gasteiger partial charge is 0.396 e. The van der Waals surface area contributed by atoms with E-state index in [9.17, 15) is 9.90 Å². The molecular formula is C17H32N2O2. The minimum Gasteiger partial charge on any atom is -0.396 e. The summed E-state index contributed by atoms with van der Waals surface area (Å²) in [6, 6.07) is 0.977. The summed E-state index contributed by atoms with van der Waals surface area (Å²) >= 11 is 0. The van der Waals surface area contributed by atoms with E-state index in [0.717, 1.165) is 32.4 Å². The maximum absolute atomic E-state index is 12.3. The molecule has 1 amide bonds. The Bertz CT molecular complexity index is 343. The molecule has 4 nitrogen and oxygen atoms in total. The van der Waals surface area contributed by atoms with Crippen LogP contribution in [0, 0.1) is 11.3 Å². The first kappa shape index (κ1) is 16.8. The predicted octanol–water partition coefficient (Wildman–Crippen LogP) is 2.16. The van der Waals surface area contributed by atoms with Crippen LogP contribution in [0.1, 0.15) is 59.3 Å². The minimum absolute atomic E-state index is 0.270. The van der Waals surface area contributed by atoms with Gasteiger partial charge in [0.15, 0.2) is 0 Å². The molecule has 0 radical (unpaired) electrons. The molecule has 2 aliphatic rings. The highest BCUT2D eigenvalue weighted by molar-refractivity contribution is 5.81.